The lowest BCUT2D eigenvalue weighted by Gasteiger charge is -2.13. The van der Waals surface area contributed by atoms with Crippen molar-refractivity contribution in [3.63, 3.8) is 0 Å². The first-order chi connectivity index (χ1) is 11.9. The number of rotatable bonds is 7. The Morgan fingerprint density at radius 2 is 2.12 bits per heavy atom. The van der Waals surface area contributed by atoms with Gasteiger partial charge in [0.25, 0.3) is 0 Å². The average molecular weight is 364 g/mol. The standard InChI is InChI=1S/C18H29N5OS/c1-6-19-17(20-9-7-8-16-23-13(2)12-25-16)22-11-15-21-10-14(24-15)18(3,4)5/h10,12H,6-9,11H2,1-5H3,(H2,19,20,22). The van der Waals surface area contributed by atoms with Crippen LogP contribution in [-0.4, -0.2) is 29.0 Å². The third kappa shape index (κ3) is 6.49. The van der Waals surface area contributed by atoms with Gasteiger partial charge in [0.2, 0.25) is 5.89 Å². The molecule has 0 amide bonds. The molecule has 0 aromatic carbocycles. The van der Waals surface area contributed by atoms with Gasteiger partial charge in [0, 0.05) is 36.0 Å². The maximum absolute atomic E-state index is 5.78. The summed E-state index contributed by atoms with van der Waals surface area (Å²) in [6, 6.07) is 0. The highest BCUT2D eigenvalue weighted by molar-refractivity contribution is 7.09. The number of aromatic nitrogens is 2. The molecular weight excluding hydrogens is 334 g/mol. The Labute approximate surface area is 154 Å². The normalized spacial score (nSPS) is 12.4. The summed E-state index contributed by atoms with van der Waals surface area (Å²) in [4.78, 5) is 13.4. The second kappa shape index (κ2) is 8.99. The second-order valence-corrected chi connectivity index (χ2v) is 7.92. The van der Waals surface area contributed by atoms with Crippen LogP contribution in [-0.2, 0) is 18.4 Å². The minimum Gasteiger partial charge on any atom is -0.443 e. The molecule has 2 heterocycles. The molecule has 2 aromatic heterocycles. The summed E-state index contributed by atoms with van der Waals surface area (Å²) >= 11 is 1.72. The summed E-state index contributed by atoms with van der Waals surface area (Å²) in [6.45, 7) is 12.5. The average Bonchev–Trinajstić information content (AvgIpc) is 3.17. The zero-order valence-corrected chi connectivity index (χ0v) is 16.7. The van der Waals surface area contributed by atoms with Crippen LogP contribution in [0, 0.1) is 6.92 Å². The van der Waals surface area contributed by atoms with E-state index in [2.05, 4.69) is 58.7 Å². The van der Waals surface area contributed by atoms with Crippen LogP contribution in [0.3, 0.4) is 0 Å². The molecule has 0 aliphatic carbocycles. The molecule has 25 heavy (non-hydrogen) atoms. The van der Waals surface area contributed by atoms with E-state index < -0.39 is 0 Å². The maximum atomic E-state index is 5.78. The molecule has 0 aliphatic heterocycles. The molecule has 0 spiro atoms. The molecule has 0 saturated heterocycles. The molecule has 0 radical (unpaired) electrons. The van der Waals surface area contributed by atoms with E-state index in [1.807, 2.05) is 6.92 Å². The van der Waals surface area contributed by atoms with E-state index in [4.69, 9.17) is 4.42 Å². The SMILES string of the molecule is CCNC(=NCc1ncc(C(C)(C)C)o1)NCCCc1nc(C)cs1. The molecule has 0 atom stereocenters. The van der Waals surface area contributed by atoms with Crippen LogP contribution in [0.1, 0.15) is 56.5 Å². The van der Waals surface area contributed by atoms with Crippen molar-refractivity contribution in [3.05, 3.63) is 33.9 Å². The van der Waals surface area contributed by atoms with Gasteiger partial charge in [-0.1, -0.05) is 20.8 Å². The summed E-state index contributed by atoms with van der Waals surface area (Å²) in [6.07, 6.45) is 3.80. The molecular formula is C18H29N5OS. The Hall–Kier alpha value is -1.89. The lowest BCUT2D eigenvalue weighted by atomic mass is 9.94. The minimum atomic E-state index is -0.0358. The summed E-state index contributed by atoms with van der Waals surface area (Å²) in [5.41, 5.74) is 1.06. The lowest BCUT2D eigenvalue weighted by molar-refractivity contribution is 0.383. The highest BCUT2D eigenvalue weighted by atomic mass is 32.1. The first kappa shape index (κ1) is 19.4. The number of hydrogen-bond acceptors (Lipinski definition) is 5. The Bertz CT molecular complexity index is 684. The Balaban J connectivity index is 1.82. The first-order valence-electron chi connectivity index (χ1n) is 8.77. The Kier molecular flexibility index (Phi) is 6.99. The fourth-order valence-corrected chi connectivity index (χ4v) is 3.00. The number of thiazole rings is 1. The van der Waals surface area contributed by atoms with Crippen molar-refractivity contribution in [2.75, 3.05) is 13.1 Å². The molecule has 0 fully saturated rings. The number of aryl methyl sites for hydroxylation is 2. The molecule has 0 bridgehead atoms. The van der Waals surface area contributed by atoms with E-state index >= 15 is 0 Å². The van der Waals surface area contributed by atoms with Crippen molar-refractivity contribution in [2.24, 2.45) is 4.99 Å². The largest absolute Gasteiger partial charge is 0.443 e. The number of aliphatic imine (C=N–C) groups is 1. The van der Waals surface area contributed by atoms with Crippen LogP contribution in [0.25, 0.3) is 0 Å². The van der Waals surface area contributed by atoms with Gasteiger partial charge < -0.3 is 15.1 Å². The molecule has 7 heteroatoms. The van der Waals surface area contributed by atoms with E-state index in [-0.39, 0.29) is 5.41 Å². The van der Waals surface area contributed by atoms with Gasteiger partial charge in [-0.3, -0.25) is 0 Å². The van der Waals surface area contributed by atoms with E-state index in [1.54, 1.807) is 17.5 Å². The molecule has 0 unspecified atom stereocenters. The third-order valence-corrected chi connectivity index (χ3v) is 4.56. The molecule has 0 saturated carbocycles. The van der Waals surface area contributed by atoms with Crippen molar-refractivity contribution in [1.29, 1.82) is 0 Å². The van der Waals surface area contributed by atoms with Crippen molar-refractivity contribution >= 4 is 17.3 Å². The topological polar surface area (TPSA) is 75.3 Å². The predicted octanol–water partition coefficient (Wildman–Crippen LogP) is 3.42. The highest BCUT2D eigenvalue weighted by Gasteiger charge is 2.18. The van der Waals surface area contributed by atoms with E-state index in [9.17, 15) is 0 Å². The summed E-state index contributed by atoms with van der Waals surface area (Å²) in [5.74, 6) is 2.31. The Morgan fingerprint density at radius 1 is 1.32 bits per heavy atom. The summed E-state index contributed by atoms with van der Waals surface area (Å²) in [5, 5.41) is 9.88. The van der Waals surface area contributed by atoms with Crippen LogP contribution in [0.2, 0.25) is 0 Å². The molecule has 138 valence electrons. The number of nitrogens with zero attached hydrogens (tertiary/aromatic N) is 3. The first-order valence-corrected chi connectivity index (χ1v) is 9.65. The van der Waals surface area contributed by atoms with Gasteiger partial charge in [0.15, 0.2) is 5.96 Å². The molecule has 6 nitrogen and oxygen atoms in total. The van der Waals surface area contributed by atoms with Gasteiger partial charge in [-0.05, 0) is 20.3 Å². The van der Waals surface area contributed by atoms with Crippen LogP contribution >= 0.6 is 11.3 Å². The van der Waals surface area contributed by atoms with Crippen molar-refractivity contribution in [2.45, 2.75) is 59.4 Å². The summed E-state index contributed by atoms with van der Waals surface area (Å²) in [7, 11) is 0. The maximum Gasteiger partial charge on any atom is 0.216 e. The van der Waals surface area contributed by atoms with E-state index in [0.717, 1.165) is 43.3 Å². The zero-order chi connectivity index (χ0) is 18.3. The van der Waals surface area contributed by atoms with Gasteiger partial charge in [-0.2, -0.15) is 0 Å². The lowest BCUT2D eigenvalue weighted by Crippen LogP contribution is -2.37. The van der Waals surface area contributed by atoms with Gasteiger partial charge >= 0.3 is 0 Å². The van der Waals surface area contributed by atoms with Gasteiger partial charge in [0.1, 0.15) is 12.3 Å². The minimum absolute atomic E-state index is 0.0358. The predicted molar refractivity (Wildman–Crippen MR) is 103 cm³/mol. The van der Waals surface area contributed by atoms with Crippen LogP contribution in [0.5, 0.6) is 0 Å². The van der Waals surface area contributed by atoms with Gasteiger partial charge in [-0.15, -0.1) is 11.3 Å². The quantitative estimate of drug-likeness (QED) is 0.448. The van der Waals surface area contributed by atoms with Crippen molar-refractivity contribution < 1.29 is 4.42 Å². The highest BCUT2D eigenvalue weighted by Crippen LogP contribution is 2.22. The van der Waals surface area contributed by atoms with E-state index in [0.29, 0.717) is 12.4 Å². The molecule has 0 aliphatic rings. The smallest absolute Gasteiger partial charge is 0.216 e. The van der Waals surface area contributed by atoms with Crippen LogP contribution in [0.4, 0.5) is 0 Å². The third-order valence-electron chi connectivity index (χ3n) is 3.54. The second-order valence-electron chi connectivity index (χ2n) is 6.98. The van der Waals surface area contributed by atoms with Gasteiger partial charge in [0.05, 0.1) is 11.2 Å². The van der Waals surface area contributed by atoms with Crippen LogP contribution in [0.15, 0.2) is 21.0 Å². The number of nitrogens with one attached hydrogen (secondary N) is 2. The summed E-state index contributed by atoms with van der Waals surface area (Å²) < 4.78 is 5.78. The van der Waals surface area contributed by atoms with Crippen LogP contribution < -0.4 is 10.6 Å². The molecule has 2 rings (SSSR count). The number of hydrogen-bond donors (Lipinski definition) is 2. The fourth-order valence-electron chi connectivity index (χ4n) is 2.18. The fraction of sp³-hybridized carbons (Fsp3) is 0.611. The van der Waals surface area contributed by atoms with Crippen molar-refractivity contribution in [3.8, 4) is 0 Å². The number of oxazole rings is 1. The number of guanidine groups is 1. The van der Waals surface area contributed by atoms with E-state index in [1.165, 1.54) is 5.01 Å². The Morgan fingerprint density at radius 3 is 2.72 bits per heavy atom. The zero-order valence-electron chi connectivity index (χ0n) is 15.8. The molecule has 2 aromatic rings. The monoisotopic (exact) mass is 363 g/mol. The molecule has 2 N–H and O–H groups in total. The van der Waals surface area contributed by atoms with Crippen molar-refractivity contribution in [1.82, 2.24) is 20.6 Å². The van der Waals surface area contributed by atoms with Gasteiger partial charge in [-0.25, -0.2) is 15.0 Å².